The number of amides is 3. The summed E-state index contributed by atoms with van der Waals surface area (Å²) in [7, 11) is 0. The van der Waals surface area contributed by atoms with Gasteiger partial charge >= 0.3 is 0 Å². The van der Waals surface area contributed by atoms with Crippen LogP contribution in [0.4, 0.5) is 15.8 Å². The van der Waals surface area contributed by atoms with Crippen molar-refractivity contribution in [1.29, 1.82) is 0 Å². The van der Waals surface area contributed by atoms with E-state index in [4.69, 9.17) is 23.2 Å². The lowest BCUT2D eigenvalue weighted by molar-refractivity contribution is -0.114. The average Bonchev–Trinajstić information content (AvgIpc) is 2.95. The summed E-state index contributed by atoms with van der Waals surface area (Å²) in [6, 6.07) is 26.1. The van der Waals surface area contributed by atoms with Crippen LogP contribution in [0.1, 0.15) is 15.9 Å². The quantitative estimate of drug-likeness (QED) is 0.141. The highest BCUT2D eigenvalue weighted by molar-refractivity contribution is 8.00. The van der Waals surface area contributed by atoms with E-state index in [2.05, 4.69) is 16.0 Å². The van der Waals surface area contributed by atoms with Gasteiger partial charge in [0, 0.05) is 31.8 Å². The minimum Gasteiger partial charge on any atom is -0.323 e. The van der Waals surface area contributed by atoms with Gasteiger partial charge in [0.1, 0.15) is 11.5 Å². The van der Waals surface area contributed by atoms with E-state index >= 15 is 0 Å². The standard InChI is InChI=1S/C30H22Cl2FN3O3S/c31-23-12-7-13-24(32)22(23)17-27(36-29(38)19-8-2-1-3-9-19)30(39)34-20-10-6-11-21(16-20)40-18-28(37)35-26-15-5-4-14-25(26)33/h1-17H,18H2,(H,34,39)(H,35,37)(H,36,38)/b27-17+. The number of hydrogen-bond donors (Lipinski definition) is 3. The lowest BCUT2D eigenvalue weighted by Gasteiger charge is -2.13. The number of anilines is 2. The number of para-hydroxylation sites is 1. The average molecular weight is 594 g/mol. The molecule has 3 amide bonds. The van der Waals surface area contributed by atoms with Gasteiger partial charge in [0.15, 0.2) is 0 Å². The van der Waals surface area contributed by atoms with Gasteiger partial charge < -0.3 is 16.0 Å². The first-order valence-electron chi connectivity index (χ1n) is 11.9. The van der Waals surface area contributed by atoms with Gasteiger partial charge in [-0.25, -0.2) is 4.39 Å². The van der Waals surface area contributed by atoms with Crippen LogP contribution in [0.5, 0.6) is 0 Å². The van der Waals surface area contributed by atoms with E-state index in [1.54, 1.807) is 78.9 Å². The first-order chi connectivity index (χ1) is 19.3. The molecule has 10 heteroatoms. The Morgan fingerprint density at radius 3 is 2.20 bits per heavy atom. The zero-order valence-electron chi connectivity index (χ0n) is 20.8. The van der Waals surface area contributed by atoms with E-state index < -0.39 is 17.6 Å². The first kappa shape index (κ1) is 28.9. The van der Waals surface area contributed by atoms with Gasteiger partial charge in [0.25, 0.3) is 11.8 Å². The van der Waals surface area contributed by atoms with Crippen LogP contribution in [0.3, 0.4) is 0 Å². The lowest BCUT2D eigenvalue weighted by Crippen LogP contribution is -2.30. The lowest BCUT2D eigenvalue weighted by atomic mass is 10.1. The molecule has 4 aromatic rings. The second kappa shape index (κ2) is 13.8. The van der Waals surface area contributed by atoms with Crippen LogP contribution < -0.4 is 16.0 Å². The molecule has 0 fully saturated rings. The number of carbonyl (C=O) groups excluding carboxylic acids is 3. The molecule has 0 aliphatic heterocycles. The molecule has 202 valence electrons. The summed E-state index contributed by atoms with van der Waals surface area (Å²) in [5.74, 6) is -1.98. The van der Waals surface area contributed by atoms with E-state index in [1.807, 2.05) is 0 Å². The summed E-state index contributed by atoms with van der Waals surface area (Å²) in [6.45, 7) is 0. The fraction of sp³-hybridized carbons (Fsp3) is 0.0333. The molecule has 0 radical (unpaired) electrons. The molecule has 0 aliphatic rings. The Morgan fingerprint density at radius 2 is 1.48 bits per heavy atom. The number of carbonyl (C=O) groups is 3. The highest BCUT2D eigenvalue weighted by Crippen LogP contribution is 2.27. The molecule has 0 bridgehead atoms. The summed E-state index contributed by atoms with van der Waals surface area (Å²) in [5, 5.41) is 8.55. The van der Waals surface area contributed by atoms with Gasteiger partial charge in [-0.05, 0) is 60.7 Å². The third-order valence-corrected chi connectivity index (χ3v) is 7.08. The van der Waals surface area contributed by atoms with E-state index in [0.29, 0.717) is 31.8 Å². The Labute approximate surface area is 244 Å². The maximum Gasteiger partial charge on any atom is 0.272 e. The normalized spacial score (nSPS) is 11.0. The highest BCUT2D eigenvalue weighted by atomic mass is 35.5. The molecule has 0 heterocycles. The molecule has 0 aromatic heterocycles. The summed E-state index contributed by atoms with van der Waals surface area (Å²) in [4.78, 5) is 39.2. The molecule has 0 saturated heterocycles. The molecular weight excluding hydrogens is 572 g/mol. The van der Waals surface area contributed by atoms with Gasteiger partial charge in [-0.1, -0.05) is 65.7 Å². The predicted molar refractivity (Wildman–Crippen MR) is 159 cm³/mol. The fourth-order valence-corrected chi connectivity index (χ4v) is 4.76. The zero-order valence-corrected chi connectivity index (χ0v) is 23.1. The van der Waals surface area contributed by atoms with Crippen LogP contribution >= 0.6 is 35.0 Å². The summed E-state index contributed by atoms with van der Waals surface area (Å²) >= 11 is 13.8. The van der Waals surface area contributed by atoms with Gasteiger partial charge in [0.05, 0.1) is 11.4 Å². The molecule has 4 rings (SSSR count). The second-order valence-corrected chi connectivity index (χ2v) is 10.2. The minimum atomic E-state index is -0.611. The smallest absolute Gasteiger partial charge is 0.272 e. The predicted octanol–water partition coefficient (Wildman–Crippen LogP) is 7.27. The van der Waals surface area contributed by atoms with Crippen LogP contribution in [0.2, 0.25) is 10.0 Å². The van der Waals surface area contributed by atoms with Crippen molar-refractivity contribution in [3.05, 3.63) is 130 Å². The largest absolute Gasteiger partial charge is 0.323 e. The number of nitrogens with one attached hydrogen (secondary N) is 3. The number of rotatable bonds is 9. The van der Waals surface area contributed by atoms with Gasteiger partial charge in [-0.2, -0.15) is 0 Å². The monoisotopic (exact) mass is 593 g/mol. The summed E-state index contributed by atoms with van der Waals surface area (Å²) in [6.07, 6.45) is 1.41. The highest BCUT2D eigenvalue weighted by Gasteiger charge is 2.17. The van der Waals surface area contributed by atoms with Crippen molar-refractivity contribution < 1.29 is 18.8 Å². The molecule has 0 unspecified atom stereocenters. The number of halogens is 3. The van der Waals surface area contributed by atoms with E-state index in [1.165, 1.54) is 36.0 Å². The van der Waals surface area contributed by atoms with E-state index in [0.717, 1.165) is 0 Å². The Hall–Kier alpha value is -4.11. The second-order valence-electron chi connectivity index (χ2n) is 8.31. The zero-order chi connectivity index (χ0) is 28.5. The third kappa shape index (κ3) is 7.95. The van der Waals surface area contributed by atoms with Crippen molar-refractivity contribution in [2.24, 2.45) is 0 Å². The molecule has 6 nitrogen and oxygen atoms in total. The fourth-order valence-electron chi connectivity index (χ4n) is 3.50. The van der Waals surface area contributed by atoms with Gasteiger partial charge in [-0.3, -0.25) is 14.4 Å². The van der Waals surface area contributed by atoms with Crippen LogP contribution in [0, 0.1) is 5.82 Å². The van der Waals surface area contributed by atoms with Gasteiger partial charge in [-0.15, -0.1) is 11.8 Å². The number of thioether (sulfide) groups is 1. The molecule has 3 N–H and O–H groups in total. The van der Waals surface area contributed by atoms with Crippen LogP contribution in [-0.4, -0.2) is 23.5 Å². The Balaban J connectivity index is 1.49. The van der Waals surface area contributed by atoms with Gasteiger partial charge in [0.2, 0.25) is 5.91 Å². The molecule has 40 heavy (non-hydrogen) atoms. The minimum absolute atomic E-state index is 0.0228. The molecule has 0 atom stereocenters. The Morgan fingerprint density at radius 1 is 0.800 bits per heavy atom. The third-order valence-electron chi connectivity index (χ3n) is 5.43. The van der Waals surface area contributed by atoms with Crippen LogP contribution in [-0.2, 0) is 9.59 Å². The Bertz CT molecular complexity index is 1560. The topological polar surface area (TPSA) is 87.3 Å². The summed E-state index contributed by atoms with van der Waals surface area (Å²) in [5.41, 5.74) is 1.18. The van der Waals surface area contributed by atoms with Crippen LogP contribution in [0.15, 0.2) is 108 Å². The van der Waals surface area contributed by atoms with E-state index in [9.17, 15) is 18.8 Å². The maximum atomic E-state index is 13.8. The van der Waals surface area contributed by atoms with Crippen molar-refractivity contribution in [3.63, 3.8) is 0 Å². The molecule has 4 aromatic carbocycles. The van der Waals surface area contributed by atoms with Crippen molar-refractivity contribution >= 4 is 70.1 Å². The summed E-state index contributed by atoms with van der Waals surface area (Å²) < 4.78 is 13.8. The molecule has 0 spiro atoms. The molecular formula is C30H22Cl2FN3O3S. The number of hydrogen-bond acceptors (Lipinski definition) is 4. The molecule has 0 aliphatic carbocycles. The maximum absolute atomic E-state index is 13.8. The van der Waals surface area contributed by atoms with Crippen molar-refractivity contribution in [3.8, 4) is 0 Å². The molecule has 0 saturated carbocycles. The van der Waals surface area contributed by atoms with E-state index in [-0.39, 0.29) is 23.0 Å². The van der Waals surface area contributed by atoms with Crippen molar-refractivity contribution in [1.82, 2.24) is 5.32 Å². The van der Waals surface area contributed by atoms with Crippen molar-refractivity contribution in [2.45, 2.75) is 4.90 Å². The first-order valence-corrected chi connectivity index (χ1v) is 13.6. The Kier molecular flexibility index (Phi) is 9.96. The number of benzene rings is 4. The van der Waals surface area contributed by atoms with Crippen molar-refractivity contribution in [2.75, 3.05) is 16.4 Å². The van der Waals surface area contributed by atoms with Crippen LogP contribution in [0.25, 0.3) is 6.08 Å². The SMILES string of the molecule is O=C(CSc1cccc(NC(=O)/C(=C\c2c(Cl)cccc2Cl)NC(=O)c2ccccc2)c1)Nc1ccccc1F.